The van der Waals surface area contributed by atoms with Crippen LogP contribution in [0.25, 0.3) is 0 Å². The quantitative estimate of drug-likeness (QED) is 0.840. The number of benzene rings is 1. The molecule has 0 bridgehead atoms. The lowest BCUT2D eigenvalue weighted by Crippen LogP contribution is -2.32. The van der Waals surface area contributed by atoms with Gasteiger partial charge in [0.1, 0.15) is 0 Å². The second-order valence-corrected chi connectivity index (χ2v) is 4.75. The first kappa shape index (κ1) is 12.1. The Kier molecular flexibility index (Phi) is 3.79. The predicted octanol–water partition coefficient (Wildman–Crippen LogP) is 1.63. The van der Waals surface area contributed by atoms with E-state index in [9.17, 15) is 4.79 Å². The van der Waals surface area contributed by atoms with Crippen molar-refractivity contribution in [1.29, 1.82) is 0 Å². The molecule has 1 aromatic rings. The molecule has 1 aromatic carbocycles. The van der Waals surface area contributed by atoms with Gasteiger partial charge in [0.05, 0.1) is 0 Å². The molecule has 3 nitrogen and oxygen atoms in total. The highest BCUT2D eigenvalue weighted by Crippen LogP contribution is 2.14. The molecule has 0 aliphatic carbocycles. The van der Waals surface area contributed by atoms with Crippen LogP contribution >= 0.6 is 0 Å². The summed E-state index contributed by atoms with van der Waals surface area (Å²) in [6.07, 6.45) is 0.616. The summed E-state index contributed by atoms with van der Waals surface area (Å²) in [5.74, 6) is 0.259. The zero-order valence-corrected chi connectivity index (χ0v) is 10.6. The molecule has 0 unspecified atom stereocenters. The summed E-state index contributed by atoms with van der Waals surface area (Å²) in [6, 6.07) is 6.43. The van der Waals surface area contributed by atoms with E-state index < -0.39 is 0 Å². The van der Waals surface area contributed by atoms with Crippen molar-refractivity contribution in [1.82, 2.24) is 10.2 Å². The fourth-order valence-corrected chi connectivity index (χ4v) is 2.21. The highest BCUT2D eigenvalue weighted by molar-refractivity contribution is 5.76. The van der Waals surface area contributed by atoms with Crippen molar-refractivity contribution in [3.63, 3.8) is 0 Å². The molecule has 1 saturated heterocycles. The molecule has 0 spiro atoms. The van der Waals surface area contributed by atoms with Crippen LogP contribution in [0.3, 0.4) is 0 Å². The lowest BCUT2D eigenvalue weighted by molar-refractivity contribution is -0.130. The predicted molar refractivity (Wildman–Crippen MR) is 68.8 cm³/mol. The Balaban J connectivity index is 2.10. The minimum atomic E-state index is 0.259. The van der Waals surface area contributed by atoms with Crippen molar-refractivity contribution in [2.75, 3.05) is 19.6 Å². The molecule has 0 saturated carbocycles. The standard InChI is InChI=1S/C14H20N2O/c1-11-3-4-13(12(2)9-11)10-16-8-7-15-6-5-14(16)17/h3-4,9,15H,5-8,10H2,1-2H3. The van der Waals surface area contributed by atoms with Crippen molar-refractivity contribution in [3.05, 3.63) is 34.9 Å². The second kappa shape index (κ2) is 5.32. The molecule has 0 aromatic heterocycles. The summed E-state index contributed by atoms with van der Waals surface area (Å²) in [6.45, 7) is 7.47. The van der Waals surface area contributed by atoms with Crippen LogP contribution in [-0.4, -0.2) is 30.4 Å². The zero-order valence-electron chi connectivity index (χ0n) is 10.6. The number of rotatable bonds is 2. The second-order valence-electron chi connectivity index (χ2n) is 4.75. The van der Waals surface area contributed by atoms with E-state index in [1.165, 1.54) is 16.7 Å². The molecule has 1 fully saturated rings. The topological polar surface area (TPSA) is 32.3 Å². The van der Waals surface area contributed by atoms with Gasteiger partial charge in [0, 0.05) is 32.6 Å². The minimum absolute atomic E-state index is 0.259. The van der Waals surface area contributed by atoms with E-state index in [0.29, 0.717) is 6.42 Å². The largest absolute Gasteiger partial charge is 0.337 e. The minimum Gasteiger partial charge on any atom is -0.337 e. The fourth-order valence-electron chi connectivity index (χ4n) is 2.21. The van der Waals surface area contributed by atoms with Gasteiger partial charge in [-0.3, -0.25) is 4.79 Å². The van der Waals surface area contributed by atoms with Crippen molar-refractivity contribution in [2.24, 2.45) is 0 Å². The van der Waals surface area contributed by atoms with Crippen molar-refractivity contribution in [3.8, 4) is 0 Å². The Morgan fingerprint density at radius 2 is 2.12 bits per heavy atom. The van der Waals surface area contributed by atoms with Crippen molar-refractivity contribution >= 4 is 5.91 Å². The SMILES string of the molecule is Cc1ccc(CN2CCNCCC2=O)c(C)c1. The zero-order chi connectivity index (χ0) is 12.3. The number of hydrogen-bond acceptors (Lipinski definition) is 2. The third-order valence-electron chi connectivity index (χ3n) is 3.29. The van der Waals surface area contributed by atoms with E-state index in [4.69, 9.17) is 0 Å². The van der Waals surface area contributed by atoms with Crippen LogP contribution in [0, 0.1) is 13.8 Å². The highest BCUT2D eigenvalue weighted by atomic mass is 16.2. The molecule has 1 aliphatic rings. The molecule has 0 atom stereocenters. The van der Waals surface area contributed by atoms with Crippen molar-refractivity contribution in [2.45, 2.75) is 26.8 Å². The Bertz CT molecular complexity index is 415. The Morgan fingerprint density at radius 1 is 1.29 bits per heavy atom. The summed E-state index contributed by atoms with van der Waals surface area (Å²) < 4.78 is 0. The van der Waals surface area contributed by atoms with Gasteiger partial charge < -0.3 is 10.2 Å². The van der Waals surface area contributed by atoms with E-state index in [0.717, 1.165) is 26.2 Å². The van der Waals surface area contributed by atoms with E-state index in [-0.39, 0.29) is 5.91 Å². The lowest BCUT2D eigenvalue weighted by Gasteiger charge is -2.21. The van der Waals surface area contributed by atoms with Crippen LogP contribution in [0.1, 0.15) is 23.1 Å². The molecular weight excluding hydrogens is 212 g/mol. The number of hydrogen-bond donors (Lipinski definition) is 1. The van der Waals surface area contributed by atoms with Gasteiger partial charge in [-0.2, -0.15) is 0 Å². The number of nitrogens with one attached hydrogen (secondary N) is 1. The molecule has 2 rings (SSSR count). The maximum absolute atomic E-state index is 11.9. The first-order chi connectivity index (χ1) is 8.16. The Morgan fingerprint density at radius 3 is 2.88 bits per heavy atom. The molecule has 1 aliphatic heterocycles. The maximum atomic E-state index is 11.9. The first-order valence-electron chi connectivity index (χ1n) is 6.21. The molecule has 0 radical (unpaired) electrons. The van der Waals surface area contributed by atoms with E-state index in [2.05, 4.69) is 37.4 Å². The summed E-state index contributed by atoms with van der Waals surface area (Å²) in [7, 11) is 0. The Hall–Kier alpha value is -1.35. The third-order valence-corrected chi connectivity index (χ3v) is 3.29. The maximum Gasteiger partial charge on any atom is 0.224 e. The van der Waals surface area contributed by atoms with Crippen LogP contribution in [-0.2, 0) is 11.3 Å². The smallest absolute Gasteiger partial charge is 0.224 e. The number of amides is 1. The van der Waals surface area contributed by atoms with Crippen molar-refractivity contribution < 1.29 is 4.79 Å². The third kappa shape index (κ3) is 3.07. The number of carbonyl (C=O) groups is 1. The number of nitrogens with zero attached hydrogens (tertiary/aromatic N) is 1. The highest BCUT2D eigenvalue weighted by Gasteiger charge is 2.16. The first-order valence-corrected chi connectivity index (χ1v) is 6.21. The van der Waals surface area contributed by atoms with Crippen LogP contribution in [0.2, 0.25) is 0 Å². The summed E-state index contributed by atoms with van der Waals surface area (Å²) in [5, 5.41) is 3.25. The van der Waals surface area contributed by atoms with E-state index >= 15 is 0 Å². The molecule has 1 N–H and O–H groups in total. The van der Waals surface area contributed by atoms with Crippen LogP contribution in [0.15, 0.2) is 18.2 Å². The number of carbonyl (C=O) groups excluding carboxylic acids is 1. The molecule has 1 amide bonds. The van der Waals surface area contributed by atoms with Gasteiger partial charge in [-0.1, -0.05) is 23.8 Å². The van der Waals surface area contributed by atoms with Crippen LogP contribution in [0.4, 0.5) is 0 Å². The average molecular weight is 232 g/mol. The van der Waals surface area contributed by atoms with Crippen LogP contribution in [0.5, 0.6) is 0 Å². The normalized spacial score (nSPS) is 17.1. The van der Waals surface area contributed by atoms with Gasteiger partial charge >= 0.3 is 0 Å². The lowest BCUT2D eigenvalue weighted by atomic mass is 10.1. The van der Waals surface area contributed by atoms with Gasteiger partial charge in [0.2, 0.25) is 5.91 Å². The fraction of sp³-hybridized carbons (Fsp3) is 0.500. The Labute approximate surface area is 103 Å². The molecule has 17 heavy (non-hydrogen) atoms. The van der Waals surface area contributed by atoms with Crippen LogP contribution < -0.4 is 5.32 Å². The molecule has 1 heterocycles. The van der Waals surface area contributed by atoms with Gasteiger partial charge in [-0.15, -0.1) is 0 Å². The number of aryl methyl sites for hydroxylation is 2. The van der Waals surface area contributed by atoms with E-state index in [1.54, 1.807) is 0 Å². The average Bonchev–Trinajstić information content (AvgIpc) is 2.48. The van der Waals surface area contributed by atoms with E-state index in [1.807, 2.05) is 4.90 Å². The summed E-state index contributed by atoms with van der Waals surface area (Å²) in [4.78, 5) is 13.8. The van der Waals surface area contributed by atoms with Gasteiger partial charge in [-0.25, -0.2) is 0 Å². The molecular formula is C14H20N2O. The monoisotopic (exact) mass is 232 g/mol. The molecule has 3 heteroatoms. The van der Waals surface area contributed by atoms with Gasteiger partial charge in [-0.05, 0) is 25.0 Å². The molecule has 92 valence electrons. The summed E-state index contributed by atoms with van der Waals surface area (Å²) >= 11 is 0. The summed E-state index contributed by atoms with van der Waals surface area (Å²) in [5.41, 5.74) is 3.80. The van der Waals surface area contributed by atoms with Gasteiger partial charge in [0.15, 0.2) is 0 Å². The van der Waals surface area contributed by atoms with Gasteiger partial charge in [0.25, 0.3) is 0 Å².